The number of hydrogen-bond donors (Lipinski definition) is 2. The highest BCUT2D eigenvalue weighted by Gasteiger charge is 2.24. The maximum Gasteiger partial charge on any atom is 0.251 e. The molecule has 1 saturated carbocycles. The van der Waals surface area contributed by atoms with Gasteiger partial charge in [-0.2, -0.15) is 4.39 Å². The van der Waals surface area contributed by atoms with Gasteiger partial charge in [-0.15, -0.1) is 0 Å². The van der Waals surface area contributed by atoms with Crippen LogP contribution in [0, 0.1) is 17.8 Å². The Morgan fingerprint density at radius 3 is 2.84 bits per heavy atom. The first-order valence-electron chi connectivity index (χ1n) is 6.71. The largest absolute Gasteiger partial charge is 0.396 e. The van der Waals surface area contributed by atoms with E-state index in [0.29, 0.717) is 12.5 Å². The predicted molar refractivity (Wildman–Crippen MR) is 69.1 cm³/mol. The number of carbonyl (C=O) groups excluding carboxylic acids is 1. The smallest absolute Gasteiger partial charge is 0.251 e. The van der Waals surface area contributed by atoms with Gasteiger partial charge in [0.15, 0.2) is 0 Å². The van der Waals surface area contributed by atoms with E-state index >= 15 is 0 Å². The minimum absolute atomic E-state index is 0.171. The molecular formula is C14H19FN2O2. The summed E-state index contributed by atoms with van der Waals surface area (Å²) in [6.07, 6.45) is 5.60. The lowest BCUT2D eigenvalue weighted by Crippen LogP contribution is -2.35. The van der Waals surface area contributed by atoms with Crippen LogP contribution in [0.2, 0.25) is 0 Å². The van der Waals surface area contributed by atoms with E-state index in [1.165, 1.54) is 12.3 Å². The number of pyridine rings is 1. The summed E-state index contributed by atoms with van der Waals surface area (Å²) in [7, 11) is 0. The van der Waals surface area contributed by atoms with Crippen molar-refractivity contribution in [3.8, 4) is 0 Å². The highest BCUT2D eigenvalue weighted by molar-refractivity contribution is 5.93. The molecule has 2 atom stereocenters. The number of nitrogens with one attached hydrogen (secondary N) is 1. The van der Waals surface area contributed by atoms with Gasteiger partial charge < -0.3 is 10.4 Å². The minimum Gasteiger partial charge on any atom is -0.396 e. The number of aliphatic hydroxyl groups excluding tert-OH is 1. The third-order valence-electron chi connectivity index (χ3n) is 3.81. The molecule has 2 N–H and O–H groups in total. The molecule has 1 fully saturated rings. The van der Waals surface area contributed by atoms with Gasteiger partial charge in [0.2, 0.25) is 5.95 Å². The zero-order valence-corrected chi connectivity index (χ0v) is 10.8. The Balaban J connectivity index is 1.89. The van der Waals surface area contributed by atoms with E-state index in [1.54, 1.807) is 0 Å². The van der Waals surface area contributed by atoms with E-state index in [2.05, 4.69) is 10.3 Å². The molecule has 0 saturated heterocycles. The van der Waals surface area contributed by atoms with E-state index in [-0.39, 0.29) is 24.0 Å². The molecule has 19 heavy (non-hydrogen) atoms. The van der Waals surface area contributed by atoms with Crippen LogP contribution in [0.5, 0.6) is 0 Å². The van der Waals surface area contributed by atoms with Crippen molar-refractivity contribution in [1.82, 2.24) is 10.3 Å². The molecule has 0 spiro atoms. The maximum atomic E-state index is 12.9. The molecular weight excluding hydrogens is 247 g/mol. The Labute approximate surface area is 112 Å². The van der Waals surface area contributed by atoms with E-state index in [4.69, 9.17) is 0 Å². The molecule has 1 aromatic heterocycles. The third-order valence-corrected chi connectivity index (χ3v) is 3.81. The molecule has 2 unspecified atom stereocenters. The summed E-state index contributed by atoms with van der Waals surface area (Å²) in [6, 6.07) is 2.61. The van der Waals surface area contributed by atoms with Gasteiger partial charge in [0.05, 0.1) is 0 Å². The summed E-state index contributed by atoms with van der Waals surface area (Å²) in [5, 5.41) is 12.1. The maximum absolute atomic E-state index is 12.9. The summed E-state index contributed by atoms with van der Waals surface area (Å²) in [4.78, 5) is 15.3. The minimum atomic E-state index is -0.654. The third kappa shape index (κ3) is 3.73. The summed E-state index contributed by atoms with van der Waals surface area (Å²) in [6.45, 7) is 0.707. The average molecular weight is 266 g/mol. The number of nitrogens with zero attached hydrogens (tertiary/aromatic N) is 1. The molecule has 0 radical (unpaired) electrons. The lowest BCUT2D eigenvalue weighted by Gasteiger charge is -2.30. The van der Waals surface area contributed by atoms with Crippen molar-refractivity contribution < 1.29 is 14.3 Å². The fraction of sp³-hybridized carbons (Fsp3) is 0.571. The number of halogens is 1. The van der Waals surface area contributed by atoms with Crippen LogP contribution in [0.25, 0.3) is 0 Å². The van der Waals surface area contributed by atoms with E-state index in [1.807, 2.05) is 0 Å². The molecule has 0 aliphatic heterocycles. The molecule has 1 aliphatic rings. The highest BCUT2D eigenvalue weighted by Crippen LogP contribution is 2.29. The van der Waals surface area contributed by atoms with Gasteiger partial charge >= 0.3 is 0 Å². The van der Waals surface area contributed by atoms with Crippen LogP contribution in [0.3, 0.4) is 0 Å². The fourth-order valence-corrected chi connectivity index (χ4v) is 2.66. The number of aliphatic hydroxyl groups is 1. The van der Waals surface area contributed by atoms with Crippen LogP contribution < -0.4 is 5.32 Å². The van der Waals surface area contributed by atoms with Gasteiger partial charge in [-0.1, -0.05) is 12.8 Å². The first-order chi connectivity index (χ1) is 9.20. The first kappa shape index (κ1) is 13.9. The Morgan fingerprint density at radius 2 is 2.16 bits per heavy atom. The molecule has 104 valence electrons. The normalized spacial score (nSPS) is 23.1. The Morgan fingerprint density at radius 1 is 1.42 bits per heavy atom. The van der Waals surface area contributed by atoms with Gasteiger partial charge in [-0.3, -0.25) is 4.79 Å². The zero-order valence-electron chi connectivity index (χ0n) is 10.8. The van der Waals surface area contributed by atoms with Crippen molar-refractivity contribution in [1.29, 1.82) is 0 Å². The molecule has 2 rings (SSSR count). The second-order valence-corrected chi connectivity index (χ2v) is 5.06. The van der Waals surface area contributed by atoms with Crippen LogP contribution >= 0.6 is 0 Å². The number of rotatable bonds is 4. The number of aromatic nitrogens is 1. The summed E-state index contributed by atoms with van der Waals surface area (Å²) in [5.41, 5.74) is 0.281. The Bertz CT molecular complexity index is 439. The van der Waals surface area contributed by atoms with E-state index < -0.39 is 5.95 Å². The topological polar surface area (TPSA) is 62.2 Å². The van der Waals surface area contributed by atoms with Crippen molar-refractivity contribution >= 4 is 5.91 Å². The average Bonchev–Trinajstić information content (AvgIpc) is 2.45. The van der Waals surface area contributed by atoms with Crippen molar-refractivity contribution in [3.05, 3.63) is 29.8 Å². The van der Waals surface area contributed by atoms with E-state index in [0.717, 1.165) is 31.7 Å². The molecule has 1 heterocycles. The molecule has 4 nitrogen and oxygen atoms in total. The summed E-state index contributed by atoms with van der Waals surface area (Å²) >= 11 is 0. The Kier molecular flexibility index (Phi) is 4.85. The van der Waals surface area contributed by atoms with Gasteiger partial charge in [0, 0.05) is 31.0 Å². The van der Waals surface area contributed by atoms with Crippen LogP contribution in [0.1, 0.15) is 36.0 Å². The standard InChI is InChI=1S/C14H19FN2O2/c15-13-7-10(5-6-16-13)14(19)17-8-11-3-1-2-4-12(11)9-18/h5-7,11-12,18H,1-4,8-9H2,(H,17,19). The van der Waals surface area contributed by atoms with Crippen LogP contribution in [-0.4, -0.2) is 29.1 Å². The number of hydrogen-bond acceptors (Lipinski definition) is 3. The predicted octanol–water partition coefficient (Wildman–Crippen LogP) is 1.75. The quantitative estimate of drug-likeness (QED) is 0.816. The molecule has 1 amide bonds. The summed E-state index contributed by atoms with van der Waals surface area (Å²) in [5.74, 6) is -0.361. The molecule has 0 aromatic carbocycles. The van der Waals surface area contributed by atoms with Crippen LogP contribution in [0.15, 0.2) is 18.3 Å². The first-order valence-corrected chi connectivity index (χ1v) is 6.71. The zero-order chi connectivity index (χ0) is 13.7. The fourth-order valence-electron chi connectivity index (χ4n) is 2.66. The second kappa shape index (κ2) is 6.61. The monoisotopic (exact) mass is 266 g/mol. The van der Waals surface area contributed by atoms with Crippen LogP contribution in [-0.2, 0) is 0 Å². The second-order valence-electron chi connectivity index (χ2n) is 5.06. The van der Waals surface area contributed by atoms with Crippen molar-refractivity contribution in [3.63, 3.8) is 0 Å². The Hall–Kier alpha value is -1.49. The van der Waals surface area contributed by atoms with Gasteiger partial charge in [-0.05, 0) is 30.7 Å². The van der Waals surface area contributed by atoms with Gasteiger partial charge in [0.1, 0.15) is 0 Å². The molecule has 1 aliphatic carbocycles. The summed E-state index contributed by atoms with van der Waals surface area (Å²) < 4.78 is 12.9. The molecule has 0 bridgehead atoms. The molecule has 1 aromatic rings. The van der Waals surface area contributed by atoms with E-state index in [9.17, 15) is 14.3 Å². The number of amides is 1. The van der Waals surface area contributed by atoms with Gasteiger partial charge in [0.25, 0.3) is 5.91 Å². The van der Waals surface area contributed by atoms with Crippen molar-refractivity contribution in [2.75, 3.05) is 13.2 Å². The van der Waals surface area contributed by atoms with Crippen molar-refractivity contribution in [2.24, 2.45) is 11.8 Å². The van der Waals surface area contributed by atoms with Gasteiger partial charge in [-0.25, -0.2) is 4.98 Å². The van der Waals surface area contributed by atoms with Crippen molar-refractivity contribution in [2.45, 2.75) is 25.7 Å². The lowest BCUT2D eigenvalue weighted by atomic mass is 9.79. The SMILES string of the molecule is O=C(NCC1CCCCC1CO)c1ccnc(F)c1. The van der Waals surface area contributed by atoms with Crippen LogP contribution in [0.4, 0.5) is 4.39 Å². The highest BCUT2D eigenvalue weighted by atomic mass is 19.1. The lowest BCUT2D eigenvalue weighted by molar-refractivity contribution is 0.0908. The number of carbonyl (C=O) groups is 1. The molecule has 5 heteroatoms.